The molecule has 98 valence electrons. The van der Waals surface area contributed by atoms with E-state index in [0.717, 1.165) is 31.6 Å². The van der Waals surface area contributed by atoms with Crippen LogP contribution >= 0.6 is 0 Å². The van der Waals surface area contributed by atoms with Gasteiger partial charge in [0.1, 0.15) is 0 Å². The zero-order valence-corrected chi connectivity index (χ0v) is 11.1. The summed E-state index contributed by atoms with van der Waals surface area (Å²) in [5.41, 5.74) is 2.12. The molecule has 0 aliphatic carbocycles. The van der Waals surface area contributed by atoms with Gasteiger partial charge in [0.2, 0.25) is 5.91 Å². The molecule has 1 heterocycles. The molecule has 0 radical (unpaired) electrons. The maximum absolute atomic E-state index is 11.9. The lowest BCUT2D eigenvalue weighted by molar-refractivity contribution is -0.117. The summed E-state index contributed by atoms with van der Waals surface area (Å²) < 4.78 is 0. The van der Waals surface area contributed by atoms with E-state index in [1.165, 1.54) is 5.56 Å². The van der Waals surface area contributed by atoms with Crippen molar-refractivity contribution < 1.29 is 4.79 Å². The second-order valence-electron chi connectivity index (χ2n) is 5.07. The van der Waals surface area contributed by atoms with Crippen LogP contribution in [0.2, 0.25) is 0 Å². The van der Waals surface area contributed by atoms with Crippen LogP contribution in [0.25, 0.3) is 0 Å². The largest absolute Gasteiger partial charge is 0.325 e. The molecular weight excluding hydrogens is 226 g/mol. The van der Waals surface area contributed by atoms with Gasteiger partial charge in [0.05, 0.1) is 6.04 Å². The predicted octanol–water partition coefficient (Wildman–Crippen LogP) is 1.44. The zero-order chi connectivity index (χ0) is 13.0. The quantitative estimate of drug-likeness (QED) is 0.846. The molecule has 1 aromatic rings. The molecule has 1 aliphatic heterocycles. The van der Waals surface area contributed by atoms with Crippen molar-refractivity contribution >= 4 is 11.6 Å². The van der Waals surface area contributed by atoms with E-state index in [4.69, 9.17) is 0 Å². The van der Waals surface area contributed by atoms with Crippen LogP contribution in [-0.4, -0.2) is 37.5 Å². The van der Waals surface area contributed by atoms with Crippen LogP contribution in [0.5, 0.6) is 0 Å². The Balaban J connectivity index is 1.91. The molecule has 0 saturated carbocycles. The van der Waals surface area contributed by atoms with Gasteiger partial charge in [-0.2, -0.15) is 0 Å². The van der Waals surface area contributed by atoms with Crippen LogP contribution < -0.4 is 10.6 Å². The van der Waals surface area contributed by atoms with Gasteiger partial charge in [-0.15, -0.1) is 0 Å². The van der Waals surface area contributed by atoms with Crippen molar-refractivity contribution in [3.8, 4) is 0 Å². The second kappa shape index (κ2) is 5.98. The molecule has 0 aromatic heterocycles. The fourth-order valence-corrected chi connectivity index (χ4v) is 2.20. The van der Waals surface area contributed by atoms with Gasteiger partial charge in [0.15, 0.2) is 0 Å². The molecule has 1 aromatic carbocycles. The molecule has 1 aliphatic rings. The van der Waals surface area contributed by atoms with Gasteiger partial charge in [-0.3, -0.25) is 4.79 Å². The number of carbonyl (C=O) groups excluding carboxylic acids is 1. The van der Waals surface area contributed by atoms with E-state index in [0.29, 0.717) is 0 Å². The van der Waals surface area contributed by atoms with E-state index in [-0.39, 0.29) is 11.9 Å². The SMILES string of the molecule is CN(C)Cc1ccc(NC(=O)[C@H]2CCCN2)cc1. The molecule has 1 saturated heterocycles. The summed E-state index contributed by atoms with van der Waals surface area (Å²) in [5.74, 6) is 0.0767. The molecule has 2 N–H and O–H groups in total. The van der Waals surface area contributed by atoms with Crippen LogP contribution in [0.3, 0.4) is 0 Å². The van der Waals surface area contributed by atoms with Gasteiger partial charge in [-0.1, -0.05) is 12.1 Å². The van der Waals surface area contributed by atoms with Crippen LogP contribution in [0.15, 0.2) is 24.3 Å². The molecule has 4 nitrogen and oxygen atoms in total. The second-order valence-corrected chi connectivity index (χ2v) is 5.07. The number of nitrogens with zero attached hydrogens (tertiary/aromatic N) is 1. The molecule has 0 bridgehead atoms. The van der Waals surface area contributed by atoms with Gasteiger partial charge in [-0.25, -0.2) is 0 Å². The third kappa shape index (κ3) is 3.55. The Bertz CT molecular complexity index is 394. The lowest BCUT2D eigenvalue weighted by Crippen LogP contribution is -2.35. The molecule has 1 fully saturated rings. The van der Waals surface area contributed by atoms with Crippen molar-refractivity contribution in [3.05, 3.63) is 29.8 Å². The third-order valence-electron chi connectivity index (χ3n) is 3.10. The van der Waals surface area contributed by atoms with Crippen LogP contribution in [0.1, 0.15) is 18.4 Å². The number of amides is 1. The lowest BCUT2D eigenvalue weighted by Gasteiger charge is -2.12. The summed E-state index contributed by atoms with van der Waals surface area (Å²) in [6.45, 7) is 1.86. The lowest BCUT2D eigenvalue weighted by atomic mass is 10.2. The number of benzene rings is 1. The highest BCUT2D eigenvalue weighted by molar-refractivity contribution is 5.95. The molecule has 4 heteroatoms. The first-order valence-electron chi connectivity index (χ1n) is 6.43. The van der Waals surface area contributed by atoms with E-state index in [1.807, 2.05) is 26.2 Å². The fourth-order valence-electron chi connectivity index (χ4n) is 2.20. The first-order chi connectivity index (χ1) is 8.65. The molecule has 1 atom stereocenters. The Morgan fingerprint density at radius 2 is 2.11 bits per heavy atom. The van der Waals surface area contributed by atoms with Crippen LogP contribution in [-0.2, 0) is 11.3 Å². The van der Waals surface area contributed by atoms with Crippen molar-refractivity contribution in [1.82, 2.24) is 10.2 Å². The summed E-state index contributed by atoms with van der Waals surface area (Å²) in [4.78, 5) is 14.0. The molecule has 1 amide bonds. The van der Waals surface area contributed by atoms with Crippen LogP contribution in [0.4, 0.5) is 5.69 Å². The van der Waals surface area contributed by atoms with E-state index >= 15 is 0 Å². The Kier molecular flexibility index (Phi) is 4.33. The number of hydrogen-bond donors (Lipinski definition) is 2. The smallest absolute Gasteiger partial charge is 0.241 e. The Morgan fingerprint density at radius 3 is 2.67 bits per heavy atom. The average molecular weight is 247 g/mol. The fraction of sp³-hybridized carbons (Fsp3) is 0.500. The molecular formula is C14H21N3O. The van der Waals surface area contributed by atoms with E-state index in [9.17, 15) is 4.79 Å². The molecule has 0 unspecified atom stereocenters. The third-order valence-corrected chi connectivity index (χ3v) is 3.10. The topological polar surface area (TPSA) is 44.4 Å². The van der Waals surface area contributed by atoms with E-state index in [2.05, 4.69) is 27.7 Å². The van der Waals surface area contributed by atoms with Gasteiger partial charge in [-0.05, 0) is 51.2 Å². The normalized spacial score (nSPS) is 19.2. The predicted molar refractivity (Wildman–Crippen MR) is 73.5 cm³/mol. The number of hydrogen-bond acceptors (Lipinski definition) is 3. The van der Waals surface area contributed by atoms with Crippen molar-refractivity contribution in [2.75, 3.05) is 26.0 Å². The van der Waals surface area contributed by atoms with E-state index in [1.54, 1.807) is 0 Å². The molecule has 2 rings (SSSR count). The molecule has 18 heavy (non-hydrogen) atoms. The first kappa shape index (κ1) is 13.1. The maximum atomic E-state index is 11.9. The highest BCUT2D eigenvalue weighted by Gasteiger charge is 2.21. The minimum atomic E-state index is -0.0218. The number of rotatable bonds is 4. The highest BCUT2D eigenvalue weighted by atomic mass is 16.2. The van der Waals surface area contributed by atoms with Gasteiger partial charge in [0, 0.05) is 12.2 Å². The summed E-state index contributed by atoms with van der Waals surface area (Å²) in [5, 5.41) is 6.14. The number of anilines is 1. The van der Waals surface area contributed by atoms with Crippen molar-refractivity contribution in [2.24, 2.45) is 0 Å². The Labute approximate surface area is 108 Å². The average Bonchev–Trinajstić information content (AvgIpc) is 2.84. The highest BCUT2D eigenvalue weighted by Crippen LogP contribution is 2.13. The molecule has 0 spiro atoms. The Morgan fingerprint density at radius 1 is 1.39 bits per heavy atom. The van der Waals surface area contributed by atoms with Crippen molar-refractivity contribution in [1.29, 1.82) is 0 Å². The summed E-state index contributed by atoms with van der Waals surface area (Å²) in [6.07, 6.45) is 2.02. The zero-order valence-electron chi connectivity index (χ0n) is 11.1. The van der Waals surface area contributed by atoms with Gasteiger partial charge in [0.25, 0.3) is 0 Å². The maximum Gasteiger partial charge on any atom is 0.241 e. The summed E-state index contributed by atoms with van der Waals surface area (Å²) in [7, 11) is 4.09. The Hall–Kier alpha value is -1.39. The van der Waals surface area contributed by atoms with Crippen molar-refractivity contribution in [3.63, 3.8) is 0 Å². The summed E-state index contributed by atoms with van der Waals surface area (Å²) >= 11 is 0. The standard InChI is InChI=1S/C14H21N3O/c1-17(2)10-11-5-7-12(8-6-11)16-14(18)13-4-3-9-15-13/h5-8,13,15H,3-4,9-10H2,1-2H3,(H,16,18)/t13-/m1/s1. The minimum Gasteiger partial charge on any atom is -0.325 e. The minimum absolute atomic E-state index is 0.0218. The van der Waals surface area contributed by atoms with E-state index < -0.39 is 0 Å². The van der Waals surface area contributed by atoms with Gasteiger partial charge < -0.3 is 15.5 Å². The number of nitrogens with one attached hydrogen (secondary N) is 2. The van der Waals surface area contributed by atoms with Crippen LogP contribution in [0, 0.1) is 0 Å². The van der Waals surface area contributed by atoms with Gasteiger partial charge >= 0.3 is 0 Å². The first-order valence-corrected chi connectivity index (χ1v) is 6.43. The monoisotopic (exact) mass is 247 g/mol. The van der Waals surface area contributed by atoms with Crippen molar-refractivity contribution in [2.45, 2.75) is 25.4 Å². The summed E-state index contributed by atoms with van der Waals surface area (Å²) in [6, 6.07) is 8.01. The number of carbonyl (C=O) groups is 1.